The minimum absolute atomic E-state index is 0.117. The van der Waals surface area contributed by atoms with E-state index in [9.17, 15) is 4.79 Å². The number of thiazole rings is 1. The minimum Gasteiger partial charge on any atom is -0.278 e. The number of aromatic nitrogens is 4. The Bertz CT molecular complexity index is 1090. The van der Waals surface area contributed by atoms with E-state index >= 15 is 0 Å². The third-order valence-electron chi connectivity index (χ3n) is 4.31. The first-order valence-corrected chi connectivity index (χ1v) is 9.57. The van der Waals surface area contributed by atoms with Crippen molar-refractivity contribution in [3.05, 3.63) is 71.8 Å². The first kappa shape index (κ1) is 17.4. The topological polar surface area (TPSA) is 63.9 Å². The fourth-order valence-electron chi connectivity index (χ4n) is 2.94. The van der Waals surface area contributed by atoms with E-state index in [4.69, 9.17) is 4.98 Å². The van der Waals surface area contributed by atoms with Crippen molar-refractivity contribution >= 4 is 32.6 Å². The van der Waals surface area contributed by atoms with Gasteiger partial charge in [0, 0.05) is 25.1 Å². The lowest BCUT2D eigenvalue weighted by Crippen LogP contribution is -2.32. The smallest absolute Gasteiger partial charge is 0.278 e. The molecule has 0 unspecified atom stereocenters. The van der Waals surface area contributed by atoms with Gasteiger partial charge >= 0.3 is 0 Å². The number of anilines is 1. The molecule has 27 heavy (non-hydrogen) atoms. The van der Waals surface area contributed by atoms with Crippen molar-refractivity contribution in [3.63, 3.8) is 0 Å². The number of nitrogens with zero attached hydrogens (tertiary/aromatic N) is 5. The Balaban J connectivity index is 1.78. The van der Waals surface area contributed by atoms with Gasteiger partial charge in [-0.3, -0.25) is 19.4 Å². The zero-order valence-corrected chi connectivity index (χ0v) is 16.0. The van der Waals surface area contributed by atoms with Crippen molar-refractivity contribution in [2.24, 2.45) is 0 Å². The molecule has 0 aliphatic rings. The van der Waals surface area contributed by atoms with Crippen LogP contribution in [0.5, 0.6) is 0 Å². The highest BCUT2D eigenvalue weighted by molar-refractivity contribution is 7.22. The van der Waals surface area contributed by atoms with E-state index in [0.29, 0.717) is 23.9 Å². The Morgan fingerprint density at radius 3 is 2.89 bits per heavy atom. The maximum absolute atomic E-state index is 13.3. The summed E-state index contributed by atoms with van der Waals surface area (Å²) in [4.78, 5) is 23.9. The number of carbonyl (C=O) groups is 1. The molecule has 0 saturated carbocycles. The summed E-state index contributed by atoms with van der Waals surface area (Å²) < 4.78 is 2.77. The van der Waals surface area contributed by atoms with E-state index in [1.165, 1.54) is 16.9 Å². The van der Waals surface area contributed by atoms with Gasteiger partial charge < -0.3 is 0 Å². The number of carbonyl (C=O) groups excluding carboxylic acids is 1. The first-order valence-electron chi connectivity index (χ1n) is 8.75. The summed E-state index contributed by atoms with van der Waals surface area (Å²) in [7, 11) is 0. The van der Waals surface area contributed by atoms with Gasteiger partial charge in [0.05, 0.1) is 16.8 Å². The third kappa shape index (κ3) is 3.46. The maximum atomic E-state index is 13.3. The Kier molecular flexibility index (Phi) is 4.68. The van der Waals surface area contributed by atoms with E-state index in [-0.39, 0.29) is 5.91 Å². The molecule has 4 rings (SSSR count). The Morgan fingerprint density at radius 1 is 1.22 bits per heavy atom. The molecule has 3 aromatic heterocycles. The van der Waals surface area contributed by atoms with Crippen LogP contribution in [0.2, 0.25) is 0 Å². The zero-order valence-electron chi connectivity index (χ0n) is 15.2. The van der Waals surface area contributed by atoms with Crippen LogP contribution in [-0.2, 0) is 13.1 Å². The van der Waals surface area contributed by atoms with Crippen LogP contribution in [0.4, 0.5) is 5.13 Å². The molecule has 0 spiro atoms. The zero-order chi connectivity index (χ0) is 18.8. The standard InChI is InChI=1S/C20H19N5OS/c1-3-25-17(8-10-22-25)19(26)24(13-15-5-4-9-21-12-15)20-23-16-7-6-14(2)11-18(16)27-20/h4-12H,3,13H2,1-2H3. The first-order chi connectivity index (χ1) is 13.2. The lowest BCUT2D eigenvalue weighted by atomic mass is 10.2. The van der Waals surface area contributed by atoms with Crippen LogP contribution in [0, 0.1) is 6.92 Å². The molecule has 0 aliphatic heterocycles. The van der Waals surface area contributed by atoms with Crippen molar-refractivity contribution < 1.29 is 4.79 Å². The highest BCUT2D eigenvalue weighted by Gasteiger charge is 2.24. The third-order valence-corrected chi connectivity index (χ3v) is 5.35. The van der Waals surface area contributed by atoms with Crippen molar-refractivity contribution in [3.8, 4) is 0 Å². The average molecular weight is 377 g/mol. The monoisotopic (exact) mass is 377 g/mol. The van der Waals surface area contributed by atoms with Gasteiger partial charge in [0.1, 0.15) is 5.69 Å². The molecule has 0 atom stereocenters. The van der Waals surface area contributed by atoms with Crippen molar-refractivity contribution in [1.29, 1.82) is 0 Å². The highest BCUT2D eigenvalue weighted by Crippen LogP contribution is 2.31. The van der Waals surface area contributed by atoms with Gasteiger partial charge in [-0.25, -0.2) is 4.98 Å². The molecule has 0 fully saturated rings. The summed E-state index contributed by atoms with van der Waals surface area (Å²) >= 11 is 1.52. The van der Waals surface area contributed by atoms with Gasteiger partial charge in [-0.15, -0.1) is 0 Å². The minimum atomic E-state index is -0.117. The predicted molar refractivity (Wildman–Crippen MR) is 107 cm³/mol. The number of hydrogen-bond donors (Lipinski definition) is 0. The molecule has 3 heterocycles. The predicted octanol–water partition coefficient (Wildman–Crippen LogP) is 4.06. The number of benzene rings is 1. The van der Waals surface area contributed by atoms with Crippen LogP contribution < -0.4 is 4.90 Å². The maximum Gasteiger partial charge on any atom is 0.278 e. The Morgan fingerprint density at radius 2 is 2.11 bits per heavy atom. The lowest BCUT2D eigenvalue weighted by Gasteiger charge is -2.20. The summed E-state index contributed by atoms with van der Waals surface area (Å²) in [6.07, 6.45) is 5.15. The van der Waals surface area contributed by atoms with Crippen LogP contribution in [0.1, 0.15) is 28.5 Å². The molecule has 1 amide bonds. The molecular formula is C20H19N5OS. The molecule has 136 valence electrons. The van der Waals surface area contributed by atoms with Crippen LogP contribution >= 0.6 is 11.3 Å². The normalized spacial score (nSPS) is 11.0. The second-order valence-corrected chi connectivity index (χ2v) is 7.26. The van der Waals surface area contributed by atoms with Gasteiger partial charge in [-0.2, -0.15) is 5.10 Å². The van der Waals surface area contributed by atoms with E-state index in [0.717, 1.165) is 15.8 Å². The second kappa shape index (κ2) is 7.28. The van der Waals surface area contributed by atoms with Crippen LogP contribution in [0.15, 0.2) is 55.0 Å². The van der Waals surface area contributed by atoms with Crippen molar-refractivity contribution in [2.45, 2.75) is 26.9 Å². The number of fused-ring (bicyclic) bond motifs is 1. The summed E-state index contributed by atoms with van der Waals surface area (Å²) in [5.41, 5.74) is 3.57. The highest BCUT2D eigenvalue weighted by atomic mass is 32.1. The second-order valence-electron chi connectivity index (χ2n) is 6.25. The molecule has 0 radical (unpaired) electrons. The summed E-state index contributed by atoms with van der Waals surface area (Å²) in [6, 6.07) is 11.7. The summed E-state index contributed by atoms with van der Waals surface area (Å²) in [5.74, 6) is -0.117. The number of amides is 1. The quantitative estimate of drug-likeness (QED) is 0.526. The molecule has 6 nitrogen and oxygen atoms in total. The number of aryl methyl sites for hydroxylation is 2. The fourth-order valence-corrected chi connectivity index (χ4v) is 4.00. The van der Waals surface area contributed by atoms with Gasteiger partial charge in [0.15, 0.2) is 5.13 Å². The van der Waals surface area contributed by atoms with Gasteiger partial charge in [-0.05, 0) is 49.2 Å². The van der Waals surface area contributed by atoms with Gasteiger partial charge in [0.2, 0.25) is 0 Å². The van der Waals surface area contributed by atoms with Gasteiger partial charge in [0.25, 0.3) is 5.91 Å². The van der Waals surface area contributed by atoms with E-state index in [1.807, 2.05) is 31.2 Å². The largest absolute Gasteiger partial charge is 0.278 e. The van der Waals surface area contributed by atoms with Crippen LogP contribution in [0.25, 0.3) is 10.2 Å². The molecule has 0 bridgehead atoms. The Labute approximate surface area is 161 Å². The van der Waals surface area contributed by atoms with Crippen LogP contribution in [-0.4, -0.2) is 25.7 Å². The van der Waals surface area contributed by atoms with Crippen molar-refractivity contribution in [1.82, 2.24) is 19.7 Å². The Hall–Kier alpha value is -3.06. The van der Waals surface area contributed by atoms with Gasteiger partial charge in [-0.1, -0.05) is 23.5 Å². The van der Waals surface area contributed by atoms with E-state index < -0.39 is 0 Å². The number of pyridine rings is 1. The summed E-state index contributed by atoms with van der Waals surface area (Å²) in [6.45, 7) is 5.06. The molecule has 0 saturated heterocycles. The summed E-state index contributed by atoms with van der Waals surface area (Å²) in [5, 5.41) is 4.91. The van der Waals surface area contributed by atoms with E-state index in [1.54, 1.807) is 34.2 Å². The van der Waals surface area contributed by atoms with E-state index in [2.05, 4.69) is 23.1 Å². The number of hydrogen-bond acceptors (Lipinski definition) is 5. The molecule has 7 heteroatoms. The average Bonchev–Trinajstić information content (AvgIpc) is 3.32. The molecule has 0 aliphatic carbocycles. The number of rotatable bonds is 5. The van der Waals surface area contributed by atoms with Crippen LogP contribution in [0.3, 0.4) is 0 Å². The molecule has 0 N–H and O–H groups in total. The molecule has 1 aromatic carbocycles. The molecule has 4 aromatic rings. The molecular weight excluding hydrogens is 358 g/mol. The fraction of sp³-hybridized carbons (Fsp3) is 0.200. The van der Waals surface area contributed by atoms with Crippen molar-refractivity contribution in [2.75, 3.05) is 4.90 Å². The lowest BCUT2D eigenvalue weighted by molar-refractivity contribution is 0.0975. The SMILES string of the molecule is CCn1nccc1C(=O)N(Cc1cccnc1)c1nc2ccc(C)cc2s1.